The highest BCUT2D eigenvalue weighted by molar-refractivity contribution is 6.62. The van der Waals surface area contributed by atoms with Gasteiger partial charge < -0.3 is 28.6 Å². The van der Waals surface area contributed by atoms with Gasteiger partial charge in [-0.1, -0.05) is 13.8 Å². The molecular weight excluding hydrogens is 248 g/mol. The number of hydrogen-bond donors (Lipinski definition) is 3. The van der Waals surface area contributed by atoms with Crippen molar-refractivity contribution in [3.63, 3.8) is 0 Å². The van der Waals surface area contributed by atoms with E-state index < -0.39 is 39.4 Å². The van der Waals surface area contributed by atoms with Crippen LogP contribution in [0.3, 0.4) is 0 Å². The number of fused-ring (bicyclic) bond motifs is 2. The molecule has 2 heterocycles. The molecule has 0 spiro atoms. The Morgan fingerprint density at radius 2 is 1.82 bits per heavy atom. The minimum Gasteiger partial charge on any atom is -0.481 e. The second-order valence-corrected chi connectivity index (χ2v) is 7.68. The van der Waals surface area contributed by atoms with Gasteiger partial charge in [-0.3, -0.25) is 4.79 Å². The van der Waals surface area contributed by atoms with E-state index in [-0.39, 0.29) is 12.0 Å². The van der Waals surface area contributed by atoms with Crippen molar-refractivity contribution in [3.8, 4) is 0 Å². The molecule has 0 aromatic carbocycles. The molecule has 3 N–H and O–H groups in total. The van der Waals surface area contributed by atoms with Crippen LogP contribution in [-0.2, 0) is 18.1 Å². The van der Waals surface area contributed by atoms with Crippen LogP contribution in [0, 0.1) is 5.92 Å². The van der Waals surface area contributed by atoms with Crippen LogP contribution in [0.15, 0.2) is 0 Å². The number of aliphatic hydroxyl groups is 2. The van der Waals surface area contributed by atoms with Gasteiger partial charge in [-0.2, -0.15) is 0 Å². The Labute approximate surface area is 99.3 Å². The molecule has 0 radical (unpaired) electrons. The Bertz CT molecular complexity index is 322. The lowest BCUT2D eigenvalue weighted by atomic mass is 10.0. The van der Waals surface area contributed by atoms with Crippen LogP contribution in [0.1, 0.15) is 20.3 Å². The molecule has 5 atom stereocenters. The highest BCUT2D eigenvalue weighted by Crippen LogP contribution is 2.40. The van der Waals surface area contributed by atoms with Crippen molar-refractivity contribution in [1.29, 1.82) is 0 Å². The molecule has 0 aromatic rings. The molecule has 5 unspecified atom stereocenters. The first-order valence-corrected chi connectivity index (χ1v) is 7.28. The van der Waals surface area contributed by atoms with Gasteiger partial charge in [0.25, 0.3) is 0 Å². The van der Waals surface area contributed by atoms with Crippen LogP contribution in [0.4, 0.5) is 0 Å². The van der Waals surface area contributed by atoms with Crippen molar-refractivity contribution in [3.05, 3.63) is 0 Å². The van der Waals surface area contributed by atoms with E-state index in [2.05, 4.69) is 0 Å². The smallest absolute Gasteiger partial charge is 0.481 e. The molecular formula is C9H16O7Si. The third-order valence-electron chi connectivity index (χ3n) is 3.06. The molecule has 2 aliphatic rings. The van der Waals surface area contributed by atoms with Crippen molar-refractivity contribution in [2.75, 3.05) is 0 Å². The lowest BCUT2D eigenvalue weighted by molar-refractivity contribution is -0.164. The Kier molecular flexibility index (Phi) is 3.27. The van der Waals surface area contributed by atoms with Gasteiger partial charge in [0.2, 0.25) is 0 Å². The van der Waals surface area contributed by atoms with E-state index >= 15 is 0 Å². The first-order chi connectivity index (χ1) is 7.85. The zero-order valence-electron chi connectivity index (χ0n) is 9.57. The zero-order chi connectivity index (χ0) is 12.8. The molecule has 0 amide bonds. The largest absolute Gasteiger partial charge is 0.508 e. The molecule has 17 heavy (non-hydrogen) atoms. The first kappa shape index (κ1) is 12.9. The van der Waals surface area contributed by atoms with Crippen LogP contribution in [0.2, 0.25) is 5.54 Å². The first-order valence-electron chi connectivity index (χ1n) is 5.48. The van der Waals surface area contributed by atoms with Crippen LogP contribution in [-0.4, -0.2) is 48.8 Å². The Balaban J connectivity index is 2.27. The maximum Gasteiger partial charge on any atom is 0.508 e. The monoisotopic (exact) mass is 264 g/mol. The van der Waals surface area contributed by atoms with Gasteiger partial charge >= 0.3 is 14.8 Å². The molecule has 7 nitrogen and oxygen atoms in total. The van der Waals surface area contributed by atoms with Crippen molar-refractivity contribution >= 4 is 14.8 Å². The Morgan fingerprint density at radius 1 is 1.24 bits per heavy atom. The van der Waals surface area contributed by atoms with Gasteiger partial charge in [0, 0.05) is 5.54 Å². The normalized spacial score (nSPS) is 45.9. The number of hydrogen-bond acceptors (Lipinski definition) is 6. The van der Waals surface area contributed by atoms with Crippen molar-refractivity contribution in [2.24, 2.45) is 5.92 Å². The molecule has 8 heteroatoms. The summed E-state index contributed by atoms with van der Waals surface area (Å²) in [5.41, 5.74) is -0.163. The van der Waals surface area contributed by atoms with E-state index in [0.717, 1.165) is 0 Å². The summed E-state index contributed by atoms with van der Waals surface area (Å²) in [6.45, 7) is 3.57. The SMILES string of the molecule is CC(C)[Si]12OC(O)C(CC(C(=O)O)C(O)O1)O2. The fraction of sp³-hybridized carbons (Fsp3) is 0.889. The number of carboxylic acids is 1. The predicted octanol–water partition coefficient (Wildman–Crippen LogP) is -0.491. The second kappa shape index (κ2) is 4.30. The molecule has 2 fully saturated rings. The average Bonchev–Trinajstić information content (AvgIpc) is 2.41. The van der Waals surface area contributed by atoms with E-state index in [0.29, 0.717) is 0 Å². The van der Waals surface area contributed by atoms with E-state index in [9.17, 15) is 15.0 Å². The molecule has 0 aliphatic carbocycles. The molecule has 0 aromatic heterocycles. The summed E-state index contributed by atoms with van der Waals surface area (Å²) in [7, 11) is -3.19. The third-order valence-corrected chi connectivity index (χ3v) is 6.24. The van der Waals surface area contributed by atoms with Gasteiger partial charge in [0.15, 0.2) is 12.6 Å². The van der Waals surface area contributed by atoms with Crippen LogP contribution in [0.5, 0.6) is 0 Å². The number of carbonyl (C=O) groups is 1. The predicted molar refractivity (Wildman–Crippen MR) is 55.7 cm³/mol. The summed E-state index contributed by atoms with van der Waals surface area (Å²) in [4.78, 5) is 11.0. The van der Waals surface area contributed by atoms with E-state index in [4.69, 9.17) is 18.4 Å². The summed E-state index contributed by atoms with van der Waals surface area (Å²) < 4.78 is 16.2. The summed E-state index contributed by atoms with van der Waals surface area (Å²) in [5.74, 6) is -2.28. The van der Waals surface area contributed by atoms with Crippen molar-refractivity contribution in [2.45, 2.75) is 44.5 Å². The fourth-order valence-electron chi connectivity index (χ4n) is 2.01. The number of carboxylic acid groups (broad SMARTS) is 1. The highest BCUT2D eigenvalue weighted by Gasteiger charge is 2.61. The van der Waals surface area contributed by atoms with Crippen LogP contribution < -0.4 is 0 Å². The number of aliphatic hydroxyl groups excluding tert-OH is 2. The molecule has 2 aliphatic heterocycles. The summed E-state index contributed by atoms with van der Waals surface area (Å²) in [5, 5.41) is 28.4. The molecule has 0 saturated carbocycles. The minimum atomic E-state index is -3.19. The van der Waals surface area contributed by atoms with Gasteiger partial charge in [0.05, 0.1) is 0 Å². The van der Waals surface area contributed by atoms with E-state index in [1.165, 1.54) is 0 Å². The quantitative estimate of drug-likeness (QED) is 0.578. The van der Waals surface area contributed by atoms with Crippen LogP contribution in [0.25, 0.3) is 0 Å². The molecule has 98 valence electrons. The van der Waals surface area contributed by atoms with Crippen LogP contribution >= 0.6 is 0 Å². The summed E-state index contributed by atoms with van der Waals surface area (Å²) in [6, 6.07) is 0. The minimum absolute atomic E-state index is 0.0286. The van der Waals surface area contributed by atoms with Crippen molar-refractivity contribution in [1.82, 2.24) is 0 Å². The number of rotatable bonds is 2. The summed E-state index contributed by atoms with van der Waals surface area (Å²) in [6.07, 6.45) is -3.42. The maximum atomic E-state index is 11.0. The van der Waals surface area contributed by atoms with Gasteiger partial charge in [-0.05, 0) is 6.42 Å². The topological polar surface area (TPSA) is 105 Å². The molecule has 2 saturated heterocycles. The Morgan fingerprint density at radius 3 is 2.35 bits per heavy atom. The fourth-order valence-corrected chi connectivity index (χ4v) is 4.62. The Hall–Kier alpha value is -0.513. The van der Waals surface area contributed by atoms with Crippen molar-refractivity contribution < 1.29 is 33.4 Å². The zero-order valence-corrected chi connectivity index (χ0v) is 10.6. The lowest BCUT2D eigenvalue weighted by Gasteiger charge is -2.29. The summed E-state index contributed by atoms with van der Waals surface area (Å²) >= 11 is 0. The maximum absolute atomic E-state index is 11.0. The van der Waals surface area contributed by atoms with Gasteiger partial charge in [-0.15, -0.1) is 0 Å². The highest BCUT2D eigenvalue weighted by atomic mass is 28.4. The molecule has 2 rings (SSSR count). The van der Waals surface area contributed by atoms with E-state index in [1.54, 1.807) is 13.8 Å². The van der Waals surface area contributed by atoms with E-state index in [1.807, 2.05) is 0 Å². The molecule has 2 bridgehead atoms. The van der Waals surface area contributed by atoms with Gasteiger partial charge in [0.1, 0.15) is 12.0 Å². The number of aliphatic carboxylic acids is 1. The average molecular weight is 264 g/mol. The third kappa shape index (κ3) is 2.12. The standard InChI is InChI=1S/C9H16O7Si/c1-4(2)17-14-6(9(13)16-17)3-5(7(10)11)8(12)15-17/h4-6,8-9,12-13H,3H2,1-2H3,(H,10,11). The van der Waals surface area contributed by atoms with Gasteiger partial charge in [-0.25, -0.2) is 0 Å². The second-order valence-electron chi connectivity index (χ2n) is 4.61. The lowest BCUT2D eigenvalue weighted by Crippen LogP contribution is -2.49.